The third-order valence-electron chi connectivity index (χ3n) is 5.99. The molecule has 3 rings (SSSR count). The van der Waals surface area contributed by atoms with E-state index in [-0.39, 0.29) is 17.7 Å². The molecule has 7 nitrogen and oxygen atoms in total. The fourth-order valence-corrected chi connectivity index (χ4v) is 4.14. The molecule has 2 saturated heterocycles. The molecule has 28 heavy (non-hydrogen) atoms. The third-order valence-corrected chi connectivity index (χ3v) is 5.99. The number of urea groups is 1. The number of likely N-dealkylation sites (tertiary alicyclic amines) is 1. The number of piperidine rings is 1. The maximum Gasteiger partial charge on any atom is 0.314 e. The highest BCUT2D eigenvalue weighted by atomic mass is 16.2. The second-order valence-electron chi connectivity index (χ2n) is 8.23. The molecule has 0 saturated carbocycles. The van der Waals surface area contributed by atoms with Crippen LogP contribution in [0.5, 0.6) is 0 Å². The van der Waals surface area contributed by atoms with Gasteiger partial charge in [-0.1, -0.05) is 30.3 Å². The second kappa shape index (κ2) is 8.20. The zero-order valence-corrected chi connectivity index (χ0v) is 16.8. The Labute approximate surface area is 166 Å². The molecule has 0 aromatic heterocycles. The number of carbonyl (C=O) groups is 3. The van der Waals surface area contributed by atoms with Crippen LogP contribution in [0.2, 0.25) is 0 Å². The number of hydrogen-bond donors (Lipinski definition) is 1. The average Bonchev–Trinajstić information content (AvgIpc) is 2.73. The average molecular weight is 386 g/mol. The summed E-state index contributed by atoms with van der Waals surface area (Å²) in [5, 5.41) is 0. The lowest BCUT2D eigenvalue weighted by Crippen LogP contribution is -2.56. The van der Waals surface area contributed by atoms with E-state index >= 15 is 0 Å². The maximum atomic E-state index is 13.1. The quantitative estimate of drug-likeness (QED) is 0.852. The number of amides is 4. The van der Waals surface area contributed by atoms with Crippen molar-refractivity contribution in [1.82, 2.24) is 14.7 Å². The number of rotatable bonds is 3. The molecule has 1 atom stereocenters. The molecule has 2 N–H and O–H groups in total. The van der Waals surface area contributed by atoms with Gasteiger partial charge < -0.3 is 20.4 Å². The van der Waals surface area contributed by atoms with Gasteiger partial charge in [0.1, 0.15) is 0 Å². The monoisotopic (exact) mass is 386 g/mol. The molecular weight excluding hydrogens is 356 g/mol. The van der Waals surface area contributed by atoms with E-state index < -0.39 is 11.4 Å². The van der Waals surface area contributed by atoms with E-state index in [0.29, 0.717) is 39.3 Å². The van der Waals surface area contributed by atoms with Gasteiger partial charge in [-0.25, -0.2) is 4.79 Å². The van der Waals surface area contributed by atoms with Gasteiger partial charge in [0.2, 0.25) is 11.8 Å². The number of nitrogens with two attached hydrogens (primary N) is 1. The minimum Gasteiger partial charge on any atom is -0.351 e. The number of piperazine rings is 1. The molecule has 0 radical (unpaired) electrons. The summed E-state index contributed by atoms with van der Waals surface area (Å²) in [6.07, 6.45) is 1.58. The van der Waals surface area contributed by atoms with Crippen molar-refractivity contribution in [3.63, 3.8) is 0 Å². The van der Waals surface area contributed by atoms with Crippen molar-refractivity contribution in [2.24, 2.45) is 11.7 Å². The SMILES string of the molecule is CC(C)(C(=O)N1CCN(C(=O)C2CCCN(C(N)=O)C2)CC1)c1ccccc1. The summed E-state index contributed by atoms with van der Waals surface area (Å²) in [5.74, 6) is -0.0343. The van der Waals surface area contributed by atoms with Crippen LogP contribution in [0.1, 0.15) is 32.3 Å². The molecule has 2 aliphatic rings. The Morgan fingerprint density at radius 2 is 1.54 bits per heavy atom. The highest BCUT2D eigenvalue weighted by molar-refractivity contribution is 5.88. The molecule has 152 valence electrons. The minimum atomic E-state index is -0.598. The first kappa shape index (κ1) is 20.2. The van der Waals surface area contributed by atoms with Crippen LogP contribution in [-0.4, -0.2) is 71.8 Å². The normalized spacial score (nSPS) is 20.8. The smallest absolute Gasteiger partial charge is 0.314 e. The zero-order valence-electron chi connectivity index (χ0n) is 16.8. The molecule has 4 amide bonds. The van der Waals surface area contributed by atoms with Gasteiger partial charge in [0.15, 0.2) is 0 Å². The van der Waals surface area contributed by atoms with Crippen molar-refractivity contribution in [2.75, 3.05) is 39.3 Å². The van der Waals surface area contributed by atoms with Crippen LogP contribution in [0.4, 0.5) is 4.79 Å². The van der Waals surface area contributed by atoms with Crippen LogP contribution in [-0.2, 0) is 15.0 Å². The lowest BCUT2D eigenvalue weighted by Gasteiger charge is -2.41. The molecule has 2 fully saturated rings. The molecule has 0 aliphatic carbocycles. The number of hydrogen-bond acceptors (Lipinski definition) is 3. The Hall–Kier alpha value is -2.57. The van der Waals surface area contributed by atoms with Crippen molar-refractivity contribution in [3.05, 3.63) is 35.9 Å². The Balaban J connectivity index is 1.57. The minimum absolute atomic E-state index is 0.0698. The van der Waals surface area contributed by atoms with Gasteiger partial charge in [-0.15, -0.1) is 0 Å². The first-order valence-electron chi connectivity index (χ1n) is 9.99. The summed E-state index contributed by atoms with van der Waals surface area (Å²) >= 11 is 0. The summed E-state index contributed by atoms with van der Waals surface area (Å²) in [4.78, 5) is 42.6. The second-order valence-corrected chi connectivity index (χ2v) is 8.23. The molecule has 0 spiro atoms. The molecule has 2 heterocycles. The number of nitrogens with zero attached hydrogens (tertiary/aromatic N) is 3. The Kier molecular flexibility index (Phi) is 5.91. The molecule has 1 aromatic rings. The third kappa shape index (κ3) is 4.13. The fourth-order valence-electron chi connectivity index (χ4n) is 4.14. The first-order valence-corrected chi connectivity index (χ1v) is 9.99. The van der Waals surface area contributed by atoms with Crippen LogP contribution in [0.15, 0.2) is 30.3 Å². The predicted molar refractivity (Wildman–Crippen MR) is 107 cm³/mol. The van der Waals surface area contributed by atoms with Crippen molar-refractivity contribution >= 4 is 17.8 Å². The molecule has 1 unspecified atom stereocenters. The number of benzene rings is 1. The summed E-state index contributed by atoms with van der Waals surface area (Å²) in [6, 6.07) is 9.33. The van der Waals surface area contributed by atoms with Crippen LogP contribution >= 0.6 is 0 Å². The predicted octanol–water partition coefficient (Wildman–Crippen LogP) is 1.43. The van der Waals surface area contributed by atoms with E-state index in [1.165, 1.54) is 0 Å². The zero-order chi connectivity index (χ0) is 20.3. The van der Waals surface area contributed by atoms with Gasteiger partial charge in [-0.05, 0) is 32.3 Å². The van der Waals surface area contributed by atoms with Gasteiger partial charge in [0.25, 0.3) is 0 Å². The fraction of sp³-hybridized carbons (Fsp3) is 0.571. The van der Waals surface area contributed by atoms with Crippen LogP contribution in [0.3, 0.4) is 0 Å². The van der Waals surface area contributed by atoms with E-state index in [1.807, 2.05) is 54.0 Å². The van der Waals surface area contributed by atoms with Crippen molar-refractivity contribution in [2.45, 2.75) is 32.1 Å². The van der Waals surface area contributed by atoms with E-state index in [0.717, 1.165) is 18.4 Å². The first-order chi connectivity index (χ1) is 13.3. The van der Waals surface area contributed by atoms with Crippen molar-refractivity contribution in [1.29, 1.82) is 0 Å². The standard InChI is InChI=1S/C21H30N4O3/c1-21(2,17-8-4-3-5-9-17)19(27)24-13-11-23(12-14-24)18(26)16-7-6-10-25(15-16)20(22)28/h3-5,8-9,16H,6-7,10-15H2,1-2H3,(H2,22,28). The van der Waals surface area contributed by atoms with E-state index in [9.17, 15) is 14.4 Å². The number of carbonyl (C=O) groups excluding carboxylic acids is 3. The molecule has 1 aromatic carbocycles. The van der Waals surface area contributed by atoms with Crippen molar-refractivity contribution < 1.29 is 14.4 Å². The van der Waals surface area contributed by atoms with Gasteiger partial charge >= 0.3 is 6.03 Å². The van der Waals surface area contributed by atoms with Crippen molar-refractivity contribution in [3.8, 4) is 0 Å². The Bertz CT molecular complexity index is 726. The summed E-state index contributed by atoms with van der Waals surface area (Å²) < 4.78 is 0. The highest BCUT2D eigenvalue weighted by Gasteiger charge is 2.37. The van der Waals surface area contributed by atoms with Gasteiger partial charge in [0.05, 0.1) is 11.3 Å². The lowest BCUT2D eigenvalue weighted by atomic mass is 9.83. The summed E-state index contributed by atoms with van der Waals surface area (Å²) in [5.41, 5.74) is 5.76. The van der Waals surface area contributed by atoms with Crippen LogP contribution in [0, 0.1) is 5.92 Å². The molecule has 0 bridgehead atoms. The van der Waals surface area contributed by atoms with Crippen LogP contribution in [0.25, 0.3) is 0 Å². The summed E-state index contributed by atoms with van der Waals surface area (Å²) in [7, 11) is 0. The Morgan fingerprint density at radius 1 is 0.929 bits per heavy atom. The summed E-state index contributed by atoms with van der Waals surface area (Å²) in [6.45, 7) is 7.04. The van der Waals surface area contributed by atoms with Crippen LogP contribution < -0.4 is 5.73 Å². The molecule has 7 heteroatoms. The maximum absolute atomic E-state index is 13.1. The molecular formula is C21H30N4O3. The molecule has 2 aliphatic heterocycles. The Morgan fingerprint density at radius 3 is 2.14 bits per heavy atom. The lowest BCUT2D eigenvalue weighted by molar-refractivity contribution is -0.145. The topological polar surface area (TPSA) is 87.0 Å². The van der Waals surface area contributed by atoms with Gasteiger partial charge in [0, 0.05) is 39.3 Å². The largest absolute Gasteiger partial charge is 0.351 e. The van der Waals surface area contributed by atoms with Gasteiger partial charge in [-0.3, -0.25) is 9.59 Å². The number of primary amides is 1. The highest BCUT2D eigenvalue weighted by Crippen LogP contribution is 2.26. The van der Waals surface area contributed by atoms with E-state index in [4.69, 9.17) is 5.73 Å². The van der Waals surface area contributed by atoms with Gasteiger partial charge in [-0.2, -0.15) is 0 Å². The van der Waals surface area contributed by atoms with E-state index in [2.05, 4.69) is 0 Å². The van der Waals surface area contributed by atoms with E-state index in [1.54, 1.807) is 4.90 Å².